The molecule has 0 aliphatic carbocycles. The van der Waals surface area contributed by atoms with E-state index in [2.05, 4.69) is 25.4 Å². The smallest absolute Gasteiger partial charge is 0.410 e. The number of likely N-dealkylation sites (tertiary alicyclic amines) is 1. The number of methoxy groups -OCH3 is 1. The maximum absolute atomic E-state index is 12.7. The molecule has 2 aromatic carbocycles. The van der Waals surface area contributed by atoms with Crippen LogP contribution in [0.2, 0.25) is 5.02 Å². The molecule has 2 aromatic heterocycles. The predicted molar refractivity (Wildman–Crippen MR) is 163 cm³/mol. The van der Waals surface area contributed by atoms with Crippen molar-refractivity contribution in [2.24, 2.45) is 0 Å². The summed E-state index contributed by atoms with van der Waals surface area (Å²) in [5, 5.41) is 3.43. The number of rotatable bonds is 8. The third kappa shape index (κ3) is 7.12. The molecule has 220 valence electrons. The predicted octanol–water partition coefficient (Wildman–Crippen LogP) is 6.50. The molecule has 0 bridgehead atoms. The fourth-order valence-corrected chi connectivity index (χ4v) is 5.03. The highest BCUT2D eigenvalue weighted by atomic mass is 35.5. The van der Waals surface area contributed by atoms with Crippen LogP contribution < -0.4 is 19.9 Å². The highest BCUT2D eigenvalue weighted by Gasteiger charge is 2.31. The topological polar surface area (TPSA) is 102 Å². The number of hydrogen-bond acceptors (Lipinski definition) is 9. The first kappa shape index (κ1) is 29.2. The van der Waals surface area contributed by atoms with Crippen molar-refractivity contribution in [3.8, 4) is 11.5 Å². The Morgan fingerprint density at radius 1 is 1.10 bits per heavy atom. The number of hydrazine groups is 1. The second-order valence-corrected chi connectivity index (χ2v) is 11.4. The Bertz CT molecular complexity index is 1520. The van der Waals surface area contributed by atoms with Crippen LogP contribution in [0.25, 0.3) is 10.9 Å². The molecule has 1 N–H and O–H groups in total. The molecule has 4 aromatic rings. The van der Waals surface area contributed by atoms with Gasteiger partial charge in [0.15, 0.2) is 0 Å². The van der Waals surface area contributed by atoms with Gasteiger partial charge in [0.05, 0.1) is 35.1 Å². The fourth-order valence-electron chi connectivity index (χ4n) is 4.79. The molecule has 0 unspecified atom stereocenters. The van der Waals surface area contributed by atoms with E-state index in [4.69, 9.17) is 25.8 Å². The number of aromatic nitrogens is 3. The summed E-state index contributed by atoms with van der Waals surface area (Å²) in [4.78, 5) is 27.4. The summed E-state index contributed by atoms with van der Waals surface area (Å²) in [6.45, 7) is 7.04. The molecular formula is C31H35ClN6O4. The number of fused-ring (bicyclic) bond motifs is 1. The number of nitrogens with one attached hydrogen (secondary N) is 1. The van der Waals surface area contributed by atoms with Crippen LogP contribution in [0.5, 0.6) is 11.5 Å². The third-order valence-corrected chi connectivity index (χ3v) is 7.12. The Labute approximate surface area is 250 Å². The van der Waals surface area contributed by atoms with Gasteiger partial charge in [-0.25, -0.2) is 14.8 Å². The lowest BCUT2D eigenvalue weighted by atomic mass is 10.0. The van der Waals surface area contributed by atoms with Gasteiger partial charge in [-0.05, 0) is 70.0 Å². The zero-order chi connectivity index (χ0) is 29.7. The van der Waals surface area contributed by atoms with Crippen molar-refractivity contribution in [3.63, 3.8) is 0 Å². The Balaban J connectivity index is 1.40. The van der Waals surface area contributed by atoms with E-state index in [1.807, 2.05) is 69.3 Å². The maximum Gasteiger partial charge on any atom is 0.410 e. The van der Waals surface area contributed by atoms with E-state index in [1.54, 1.807) is 24.4 Å². The molecule has 1 aliphatic heterocycles. The number of carbonyl (C=O) groups is 1. The van der Waals surface area contributed by atoms with E-state index in [0.29, 0.717) is 49.1 Å². The van der Waals surface area contributed by atoms with Crippen LogP contribution in [0.3, 0.4) is 0 Å². The first-order valence-electron chi connectivity index (χ1n) is 13.8. The monoisotopic (exact) mass is 590 g/mol. The van der Waals surface area contributed by atoms with Crippen LogP contribution in [0.15, 0.2) is 67.3 Å². The minimum absolute atomic E-state index is 0.0264. The lowest BCUT2D eigenvalue weighted by Gasteiger charge is -2.40. The standard InChI is InChI=1S/C31H35ClN6O4/c1-31(2,3)42-30(39)37-13-10-24(11-14-37)38(27-15-21-18-33-20-35-26(21)17-29(27)40-4)36-22-8-9-28(25(32)16-22)41-19-23-7-5-6-12-34-23/h5-9,12,15-18,20,24,36H,10-11,13-14,19H2,1-4H3. The summed E-state index contributed by atoms with van der Waals surface area (Å²) < 4.78 is 17.3. The summed E-state index contributed by atoms with van der Waals surface area (Å²) in [7, 11) is 1.64. The molecule has 0 atom stereocenters. The normalized spacial score (nSPS) is 14.0. The highest BCUT2D eigenvalue weighted by molar-refractivity contribution is 6.32. The Morgan fingerprint density at radius 3 is 2.60 bits per heavy atom. The van der Waals surface area contributed by atoms with Crippen molar-refractivity contribution in [1.82, 2.24) is 19.9 Å². The Morgan fingerprint density at radius 2 is 1.90 bits per heavy atom. The minimum atomic E-state index is -0.547. The van der Waals surface area contributed by atoms with Gasteiger partial charge in [-0.2, -0.15) is 0 Å². The SMILES string of the molecule is COc1cc2ncncc2cc1N(Nc1ccc(OCc2ccccn2)c(Cl)c1)C1CCN(C(=O)OC(C)(C)C)CC1. The van der Waals surface area contributed by atoms with Gasteiger partial charge >= 0.3 is 6.09 Å². The van der Waals surface area contributed by atoms with Crippen molar-refractivity contribution < 1.29 is 19.0 Å². The largest absolute Gasteiger partial charge is 0.494 e. The van der Waals surface area contributed by atoms with E-state index in [0.717, 1.165) is 28.0 Å². The third-order valence-electron chi connectivity index (χ3n) is 6.83. The van der Waals surface area contributed by atoms with Crippen LogP contribution in [0.4, 0.5) is 16.2 Å². The number of carbonyl (C=O) groups excluding carboxylic acids is 1. The van der Waals surface area contributed by atoms with Crippen LogP contribution in [0, 0.1) is 0 Å². The lowest BCUT2D eigenvalue weighted by Crippen LogP contribution is -2.50. The number of amides is 1. The quantitative estimate of drug-likeness (QED) is 0.230. The van der Waals surface area contributed by atoms with Gasteiger partial charge in [-0.3, -0.25) is 15.4 Å². The van der Waals surface area contributed by atoms with Gasteiger partial charge in [0.1, 0.15) is 35.7 Å². The molecule has 0 saturated carbocycles. The van der Waals surface area contributed by atoms with Gasteiger partial charge in [0.2, 0.25) is 0 Å². The zero-order valence-corrected chi connectivity index (χ0v) is 25.0. The average molecular weight is 591 g/mol. The molecule has 11 heteroatoms. The van der Waals surface area contributed by atoms with Crippen LogP contribution in [-0.2, 0) is 11.3 Å². The van der Waals surface area contributed by atoms with Gasteiger partial charge in [-0.1, -0.05) is 17.7 Å². The lowest BCUT2D eigenvalue weighted by molar-refractivity contribution is 0.0205. The Hall–Kier alpha value is -4.31. The molecule has 42 heavy (non-hydrogen) atoms. The van der Waals surface area contributed by atoms with Crippen LogP contribution >= 0.6 is 11.6 Å². The van der Waals surface area contributed by atoms with Gasteiger partial charge in [0.25, 0.3) is 0 Å². The summed E-state index contributed by atoms with van der Waals surface area (Å²) >= 11 is 6.65. The van der Waals surface area contributed by atoms with Crippen molar-refractivity contribution >= 4 is 40.0 Å². The van der Waals surface area contributed by atoms with Crippen LogP contribution in [-0.4, -0.2) is 57.8 Å². The second-order valence-electron chi connectivity index (χ2n) is 11.0. The van der Waals surface area contributed by atoms with Crippen molar-refractivity contribution in [1.29, 1.82) is 0 Å². The van der Waals surface area contributed by atoms with Gasteiger partial charge in [-0.15, -0.1) is 0 Å². The van der Waals surface area contributed by atoms with Gasteiger partial charge in [0, 0.05) is 36.9 Å². The number of ether oxygens (including phenoxy) is 3. The molecule has 0 spiro atoms. The number of piperidine rings is 1. The first-order chi connectivity index (χ1) is 20.2. The first-order valence-corrected chi connectivity index (χ1v) is 14.2. The van der Waals surface area contributed by atoms with Crippen molar-refractivity contribution in [2.75, 3.05) is 30.6 Å². The van der Waals surface area contributed by atoms with E-state index in [9.17, 15) is 4.79 Å². The molecule has 0 radical (unpaired) electrons. The fraction of sp³-hybridized carbons (Fsp3) is 0.355. The maximum atomic E-state index is 12.7. The number of pyridine rings is 1. The summed E-state index contributed by atoms with van der Waals surface area (Å²) in [5.41, 5.74) is 6.19. The summed E-state index contributed by atoms with van der Waals surface area (Å²) in [5.74, 6) is 1.22. The van der Waals surface area contributed by atoms with E-state index in [1.165, 1.54) is 6.33 Å². The average Bonchev–Trinajstić information content (AvgIpc) is 2.98. The molecule has 1 amide bonds. The molecule has 5 rings (SSSR count). The minimum Gasteiger partial charge on any atom is -0.494 e. The van der Waals surface area contributed by atoms with E-state index in [-0.39, 0.29) is 12.1 Å². The summed E-state index contributed by atoms with van der Waals surface area (Å²) in [6, 6.07) is 15.2. The number of anilines is 2. The molecule has 1 saturated heterocycles. The molecule has 3 heterocycles. The number of halogens is 1. The van der Waals surface area contributed by atoms with Crippen LogP contribution in [0.1, 0.15) is 39.3 Å². The molecular weight excluding hydrogens is 556 g/mol. The van der Waals surface area contributed by atoms with Crippen molar-refractivity contribution in [3.05, 3.63) is 78.0 Å². The van der Waals surface area contributed by atoms with E-state index < -0.39 is 5.60 Å². The molecule has 1 aliphatic rings. The van der Waals surface area contributed by atoms with E-state index >= 15 is 0 Å². The van der Waals surface area contributed by atoms with Gasteiger partial charge < -0.3 is 19.1 Å². The number of nitrogens with zero attached hydrogens (tertiary/aromatic N) is 5. The second kappa shape index (κ2) is 12.7. The summed E-state index contributed by atoms with van der Waals surface area (Å²) in [6.07, 6.45) is 6.14. The Kier molecular flexibility index (Phi) is 8.82. The molecule has 10 nitrogen and oxygen atoms in total. The van der Waals surface area contributed by atoms with Crippen molar-refractivity contribution in [2.45, 2.75) is 51.9 Å². The number of hydrogen-bond donors (Lipinski definition) is 1. The number of benzene rings is 2. The molecule has 1 fully saturated rings. The highest BCUT2D eigenvalue weighted by Crippen LogP contribution is 2.37. The zero-order valence-electron chi connectivity index (χ0n) is 24.2.